The van der Waals surface area contributed by atoms with Gasteiger partial charge in [-0.2, -0.15) is 0 Å². The Labute approximate surface area is 140 Å². The van der Waals surface area contributed by atoms with Gasteiger partial charge in [0.25, 0.3) is 5.91 Å². The summed E-state index contributed by atoms with van der Waals surface area (Å²) in [7, 11) is 0. The number of carbonyl (C=O) groups excluding carboxylic acids is 1. The van der Waals surface area contributed by atoms with E-state index >= 15 is 0 Å². The van der Waals surface area contributed by atoms with Crippen molar-refractivity contribution in [1.29, 1.82) is 0 Å². The number of anilines is 1. The van der Waals surface area contributed by atoms with Crippen LogP contribution in [-0.4, -0.2) is 20.6 Å². The van der Waals surface area contributed by atoms with Crippen molar-refractivity contribution in [2.24, 2.45) is 0 Å². The number of para-hydroxylation sites is 2. The average Bonchev–Trinajstić information content (AvgIpc) is 3.09. The number of nitrogens with one attached hydrogen (secondary N) is 1. The Kier molecular flexibility index (Phi) is 4.38. The van der Waals surface area contributed by atoms with Gasteiger partial charge in [0.15, 0.2) is 5.76 Å². The maximum absolute atomic E-state index is 12.8. The van der Waals surface area contributed by atoms with Crippen LogP contribution in [0.2, 0.25) is 0 Å². The fourth-order valence-corrected chi connectivity index (χ4v) is 2.84. The van der Waals surface area contributed by atoms with Gasteiger partial charge in [0.05, 0.1) is 16.7 Å². The predicted molar refractivity (Wildman–Crippen MR) is 93.3 cm³/mol. The molecule has 126 valence electrons. The molecule has 2 heterocycles. The largest absolute Gasteiger partial charge is 0.360 e. The van der Waals surface area contributed by atoms with E-state index in [1.165, 1.54) is 0 Å². The Hall–Kier alpha value is -2.63. The van der Waals surface area contributed by atoms with Crippen molar-refractivity contribution in [2.75, 3.05) is 5.32 Å². The van der Waals surface area contributed by atoms with Crippen molar-refractivity contribution in [1.82, 2.24) is 14.7 Å². The number of fused-ring (bicyclic) bond motifs is 1. The highest BCUT2D eigenvalue weighted by atomic mass is 16.5. The Bertz CT molecular complexity index is 876. The second kappa shape index (κ2) is 6.47. The fraction of sp³-hybridized carbons (Fsp3) is 0.389. The molecule has 0 radical (unpaired) electrons. The summed E-state index contributed by atoms with van der Waals surface area (Å²) in [5.74, 6) is 1.01. The van der Waals surface area contributed by atoms with Crippen LogP contribution in [0.25, 0.3) is 11.0 Å². The SMILES string of the molecule is CCCn1c(NC(=O)c2c(C)noc2C(C)C)nc2ccccc21. The van der Waals surface area contributed by atoms with E-state index in [4.69, 9.17) is 4.52 Å². The summed E-state index contributed by atoms with van der Waals surface area (Å²) in [4.78, 5) is 17.4. The van der Waals surface area contributed by atoms with Gasteiger partial charge in [-0.1, -0.05) is 38.1 Å². The van der Waals surface area contributed by atoms with E-state index < -0.39 is 0 Å². The Morgan fingerprint density at radius 1 is 1.33 bits per heavy atom. The second-order valence-corrected chi connectivity index (χ2v) is 6.19. The van der Waals surface area contributed by atoms with Crippen LogP contribution in [0.5, 0.6) is 0 Å². The van der Waals surface area contributed by atoms with Gasteiger partial charge in [0, 0.05) is 12.5 Å². The third kappa shape index (κ3) is 2.79. The number of aromatic nitrogens is 3. The summed E-state index contributed by atoms with van der Waals surface area (Å²) < 4.78 is 7.35. The Morgan fingerprint density at radius 3 is 2.79 bits per heavy atom. The first-order valence-electron chi connectivity index (χ1n) is 8.25. The van der Waals surface area contributed by atoms with Crippen molar-refractivity contribution < 1.29 is 9.32 Å². The van der Waals surface area contributed by atoms with Crippen LogP contribution >= 0.6 is 0 Å². The molecule has 0 bridgehead atoms. The fourth-order valence-electron chi connectivity index (χ4n) is 2.84. The molecule has 2 aromatic heterocycles. The summed E-state index contributed by atoms with van der Waals surface area (Å²) in [5, 5.41) is 6.88. The third-order valence-corrected chi connectivity index (χ3v) is 3.97. The van der Waals surface area contributed by atoms with Gasteiger partial charge >= 0.3 is 0 Å². The summed E-state index contributed by atoms with van der Waals surface area (Å²) in [5.41, 5.74) is 2.97. The van der Waals surface area contributed by atoms with Crippen LogP contribution in [-0.2, 0) is 6.54 Å². The van der Waals surface area contributed by atoms with Gasteiger partial charge in [0.1, 0.15) is 5.56 Å². The number of rotatable bonds is 5. The highest BCUT2D eigenvalue weighted by Crippen LogP contribution is 2.25. The second-order valence-electron chi connectivity index (χ2n) is 6.19. The number of amides is 1. The lowest BCUT2D eigenvalue weighted by Crippen LogP contribution is -2.18. The van der Waals surface area contributed by atoms with Crippen molar-refractivity contribution in [3.63, 3.8) is 0 Å². The van der Waals surface area contributed by atoms with Crippen LogP contribution < -0.4 is 5.32 Å². The van der Waals surface area contributed by atoms with Crippen molar-refractivity contribution in [3.8, 4) is 0 Å². The molecule has 0 aliphatic rings. The molecule has 0 aliphatic heterocycles. The quantitative estimate of drug-likeness (QED) is 0.765. The monoisotopic (exact) mass is 326 g/mol. The number of carbonyl (C=O) groups is 1. The molecular weight excluding hydrogens is 304 g/mol. The van der Waals surface area contributed by atoms with Gasteiger partial charge in [-0.25, -0.2) is 4.98 Å². The highest BCUT2D eigenvalue weighted by Gasteiger charge is 2.24. The van der Waals surface area contributed by atoms with Crippen molar-refractivity contribution in [2.45, 2.75) is 46.6 Å². The molecule has 0 saturated carbocycles. The van der Waals surface area contributed by atoms with Crippen LogP contribution in [0.1, 0.15) is 54.9 Å². The minimum Gasteiger partial charge on any atom is -0.360 e. The first-order valence-corrected chi connectivity index (χ1v) is 8.25. The van der Waals surface area contributed by atoms with Crippen LogP contribution in [0.15, 0.2) is 28.8 Å². The first kappa shape index (κ1) is 16.2. The molecule has 0 saturated heterocycles. The molecule has 0 fully saturated rings. The average molecular weight is 326 g/mol. The van der Waals surface area contributed by atoms with Crippen LogP contribution in [0.4, 0.5) is 5.95 Å². The lowest BCUT2D eigenvalue weighted by molar-refractivity contribution is 0.102. The molecule has 6 nitrogen and oxygen atoms in total. The zero-order valence-corrected chi connectivity index (χ0v) is 14.5. The normalized spacial score (nSPS) is 11.4. The van der Waals surface area contributed by atoms with E-state index in [9.17, 15) is 4.79 Å². The smallest absolute Gasteiger partial charge is 0.263 e. The molecule has 1 amide bonds. The van der Waals surface area contributed by atoms with Crippen LogP contribution in [0.3, 0.4) is 0 Å². The number of aryl methyl sites for hydroxylation is 2. The molecule has 0 spiro atoms. The van der Waals surface area contributed by atoms with Gasteiger partial charge in [-0.15, -0.1) is 0 Å². The molecule has 0 aliphatic carbocycles. The maximum Gasteiger partial charge on any atom is 0.263 e. The van der Waals surface area contributed by atoms with E-state index in [1.54, 1.807) is 6.92 Å². The molecule has 0 unspecified atom stereocenters. The predicted octanol–water partition coefficient (Wildman–Crippen LogP) is 4.12. The number of hydrogen-bond acceptors (Lipinski definition) is 4. The zero-order valence-electron chi connectivity index (χ0n) is 14.5. The summed E-state index contributed by atoms with van der Waals surface area (Å²) in [6.45, 7) is 8.61. The van der Waals surface area contributed by atoms with Gasteiger partial charge < -0.3 is 9.09 Å². The standard InChI is InChI=1S/C18H22N4O2/c1-5-10-22-14-9-7-6-8-13(14)19-18(22)20-17(23)15-12(4)21-24-16(15)11(2)3/h6-9,11H,5,10H2,1-4H3,(H,19,20,23). The molecule has 1 N–H and O–H groups in total. The molecular formula is C18H22N4O2. The third-order valence-electron chi connectivity index (χ3n) is 3.97. The Morgan fingerprint density at radius 2 is 2.08 bits per heavy atom. The topological polar surface area (TPSA) is 73.0 Å². The van der Waals surface area contributed by atoms with Gasteiger partial charge in [0.2, 0.25) is 5.95 Å². The molecule has 3 aromatic rings. The number of nitrogens with zero attached hydrogens (tertiary/aromatic N) is 3. The first-order chi connectivity index (χ1) is 11.5. The zero-order chi connectivity index (χ0) is 17.3. The lowest BCUT2D eigenvalue weighted by atomic mass is 10.0. The van der Waals surface area contributed by atoms with E-state index in [1.807, 2.05) is 42.7 Å². The summed E-state index contributed by atoms with van der Waals surface area (Å²) in [6, 6.07) is 7.88. The van der Waals surface area contributed by atoms with Gasteiger partial charge in [-0.05, 0) is 25.5 Å². The number of benzene rings is 1. The van der Waals surface area contributed by atoms with E-state index in [2.05, 4.69) is 22.4 Å². The van der Waals surface area contributed by atoms with Crippen molar-refractivity contribution in [3.05, 3.63) is 41.3 Å². The van der Waals surface area contributed by atoms with E-state index in [0.717, 1.165) is 24.0 Å². The molecule has 0 atom stereocenters. The molecule has 24 heavy (non-hydrogen) atoms. The van der Waals surface area contributed by atoms with Crippen molar-refractivity contribution >= 4 is 22.9 Å². The van der Waals surface area contributed by atoms with E-state index in [-0.39, 0.29) is 11.8 Å². The number of imidazole rings is 1. The van der Waals surface area contributed by atoms with Crippen LogP contribution in [0, 0.1) is 6.92 Å². The summed E-state index contributed by atoms with van der Waals surface area (Å²) >= 11 is 0. The molecule has 3 rings (SSSR count). The van der Waals surface area contributed by atoms with Gasteiger partial charge in [-0.3, -0.25) is 10.1 Å². The summed E-state index contributed by atoms with van der Waals surface area (Å²) in [6.07, 6.45) is 0.951. The minimum atomic E-state index is -0.231. The number of hydrogen-bond donors (Lipinski definition) is 1. The van der Waals surface area contributed by atoms with E-state index in [0.29, 0.717) is 23.0 Å². The highest BCUT2D eigenvalue weighted by molar-refractivity contribution is 6.05. The maximum atomic E-state index is 12.8. The molecule has 6 heteroatoms. The Balaban J connectivity index is 1.99. The lowest BCUT2D eigenvalue weighted by Gasteiger charge is -2.09. The minimum absolute atomic E-state index is 0.0846. The molecule has 1 aromatic carbocycles.